The van der Waals surface area contributed by atoms with E-state index in [4.69, 9.17) is 9.52 Å². The van der Waals surface area contributed by atoms with E-state index in [-0.39, 0.29) is 5.69 Å². The van der Waals surface area contributed by atoms with Crippen LogP contribution in [0, 0.1) is 12.8 Å². The second-order valence-corrected chi connectivity index (χ2v) is 5.29. The van der Waals surface area contributed by atoms with Gasteiger partial charge in [-0.25, -0.2) is 4.98 Å². The molecule has 0 aliphatic heterocycles. The van der Waals surface area contributed by atoms with Crippen LogP contribution in [0.3, 0.4) is 0 Å². The largest absolute Gasteiger partial charge is 0.481 e. The first-order valence-corrected chi connectivity index (χ1v) is 6.94. The summed E-state index contributed by atoms with van der Waals surface area (Å²) >= 11 is 0. The molecule has 0 saturated heterocycles. The van der Waals surface area contributed by atoms with Crippen LogP contribution < -0.4 is 5.32 Å². The van der Waals surface area contributed by atoms with Crippen molar-refractivity contribution in [3.05, 3.63) is 41.9 Å². The van der Waals surface area contributed by atoms with Gasteiger partial charge in [-0.15, -0.1) is 0 Å². The fourth-order valence-electron chi connectivity index (χ4n) is 1.93. The Bertz CT molecular complexity index is 676. The summed E-state index contributed by atoms with van der Waals surface area (Å²) in [6, 6.07) is 6.99. The molecule has 0 radical (unpaired) electrons. The van der Waals surface area contributed by atoms with Crippen LogP contribution in [0.4, 0.5) is 0 Å². The molecule has 6 heteroatoms. The SMILES string of the molecule is Cc1ccc(-c2ocnc2C(=O)NC(C)C(C)C(=O)O)cc1. The molecule has 0 bridgehead atoms. The number of carboxylic acids is 1. The highest BCUT2D eigenvalue weighted by Crippen LogP contribution is 2.23. The van der Waals surface area contributed by atoms with Crippen molar-refractivity contribution in [1.29, 1.82) is 0 Å². The van der Waals surface area contributed by atoms with Gasteiger partial charge in [0.15, 0.2) is 17.8 Å². The summed E-state index contributed by atoms with van der Waals surface area (Å²) in [5, 5.41) is 11.6. The maximum atomic E-state index is 12.3. The maximum Gasteiger partial charge on any atom is 0.308 e. The summed E-state index contributed by atoms with van der Waals surface area (Å²) in [5.74, 6) is -1.75. The van der Waals surface area contributed by atoms with Crippen molar-refractivity contribution in [3.63, 3.8) is 0 Å². The third kappa shape index (κ3) is 3.33. The molecule has 0 spiro atoms. The lowest BCUT2D eigenvalue weighted by molar-refractivity contribution is -0.141. The number of oxazole rings is 1. The van der Waals surface area contributed by atoms with Gasteiger partial charge in [-0.3, -0.25) is 9.59 Å². The fraction of sp³-hybridized carbons (Fsp3) is 0.312. The Kier molecular flexibility index (Phi) is 4.60. The number of carboxylic acid groups (broad SMARTS) is 1. The minimum Gasteiger partial charge on any atom is -0.481 e. The Labute approximate surface area is 128 Å². The molecule has 2 aromatic rings. The molecule has 0 saturated carbocycles. The van der Waals surface area contributed by atoms with E-state index in [1.54, 1.807) is 6.92 Å². The summed E-state index contributed by atoms with van der Waals surface area (Å²) in [5.41, 5.74) is 1.98. The number of aryl methyl sites for hydroxylation is 1. The van der Waals surface area contributed by atoms with E-state index in [0.29, 0.717) is 5.76 Å². The highest BCUT2D eigenvalue weighted by Gasteiger charge is 2.24. The zero-order valence-corrected chi connectivity index (χ0v) is 12.7. The van der Waals surface area contributed by atoms with E-state index in [0.717, 1.165) is 11.1 Å². The average molecular weight is 302 g/mol. The Morgan fingerprint density at radius 2 is 1.86 bits per heavy atom. The highest BCUT2D eigenvalue weighted by molar-refractivity contribution is 5.98. The molecule has 1 amide bonds. The van der Waals surface area contributed by atoms with Crippen LogP contribution in [0.2, 0.25) is 0 Å². The molecule has 2 atom stereocenters. The van der Waals surface area contributed by atoms with Gasteiger partial charge in [0.2, 0.25) is 0 Å². The van der Waals surface area contributed by atoms with Gasteiger partial charge in [0, 0.05) is 11.6 Å². The number of benzene rings is 1. The second-order valence-electron chi connectivity index (χ2n) is 5.29. The van der Waals surface area contributed by atoms with Crippen LogP contribution in [-0.4, -0.2) is 28.0 Å². The lowest BCUT2D eigenvalue weighted by Crippen LogP contribution is -2.40. The molecule has 22 heavy (non-hydrogen) atoms. The lowest BCUT2D eigenvalue weighted by Gasteiger charge is -2.17. The number of hydrogen-bond acceptors (Lipinski definition) is 4. The molecule has 1 aromatic heterocycles. The van der Waals surface area contributed by atoms with Gasteiger partial charge in [0.05, 0.1) is 5.92 Å². The number of nitrogens with one attached hydrogen (secondary N) is 1. The first-order chi connectivity index (χ1) is 10.4. The van der Waals surface area contributed by atoms with Crippen LogP contribution in [0.25, 0.3) is 11.3 Å². The Hall–Kier alpha value is -2.63. The maximum absolute atomic E-state index is 12.3. The standard InChI is InChI=1S/C16H18N2O4/c1-9-4-6-12(7-5-9)14-13(17-8-22-14)15(19)18-11(3)10(2)16(20)21/h4-8,10-11H,1-3H3,(H,18,19)(H,20,21). The van der Waals surface area contributed by atoms with E-state index < -0.39 is 23.8 Å². The van der Waals surface area contributed by atoms with Crippen LogP contribution >= 0.6 is 0 Å². The molecule has 0 fully saturated rings. The van der Waals surface area contributed by atoms with Crippen molar-refractivity contribution >= 4 is 11.9 Å². The molecule has 1 aromatic carbocycles. The summed E-state index contributed by atoms with van der Waals surface area (Å²) in [6.07, 6.45) is 1.20. The van der Waals surface area contributed by atoms with Crippen molar-refractivity contribution in [2.45, 2.75) is 26.8 Å². The first kappa shape index (κ1) is 15.8. The topological polar surface area (TPSA) is 92.4 Å². The van der Waals surface area contributed by atoms with Gasteiger partial charge < -0.3 is 14.8 Å². The number of amides is 1. The second kappa shape index (κ2) is 6.43. The van der Waals surface area contributed by atoms with Crippen LogP contribution in [0.1, 0.15) is 29.9 Å². The zero-order valence-electron chi connectivity index (χ0n) is 12.7. The summed E-state index contributed by atoms with van der Waals surface area (Å²) < 4.78 is 5.31. The highest BCUT2D eigenvalue weighted by atomic mass is 16.4. The average Bonchev–Trinajstić information content (AvgIpc) is 2.96. The molecule has 2 unspecified atom stereocenters. The quantitative estimate of drug-likeness (QED) is 0.885. The molecule has 0 aliphatic rings. The molecular weight excluding hydrogens is 284 g/mol. The van der Waals surface area contributed by atoms with Crippen molar-refractivity contribution < 1.29 is 19.1 Å². The Morgan fingerprint density at radius 3 is 2.45 bits per heavy atom. The van der Waals surface area contributed by atoms with Gasteiger partial charge >= 0.3 is 5.97 Å². The van der Waals surface area contributed by atoms with Crippen LogP contribution in [0.15, 0.2) is 35.1 Å². The molecule has 1 heterocycles. The third-order valence-corrected chi connectivity index (χ3v) is 3.59. The summed E-state index contributed by atoms with van der Waals surface area (Å²) in [4.78, 5) is 27.2. The molecule has 2 rings (SSSR count). The summed E-state index contributed by atoms with van der Waals surface area (Å²) in [7, 11) is 0. The van der Waals surface area contributed by atoms with Gasteiger partial charge in [-0.05, 0) is 20.8 Å². The number of rotatable bonds is 5. The van der Waals surface area contributed by atoms with E-state index in [1.165, 1.54) is 13.3 Å². The normalized spacial score (nSPS) is 13.4. The smallest absolute Gasteiger partial charge is 0.308 e. The van der Waals surface area contributed by atoms with Crippen LogP contribution in [-0.2, 0) is 4.79 Å². The number of hydrogen-bond donors (Lipinski definition) is 2. The molecule has 0 aliphatic carbocycles. The number of aliphatic carboxylic acids is 1. The van der Waals surface area contributed by atoms with Crippen molar-refractivity contribution in [2.75, 3.05) is 0 Å². The molecule has 2 N–H and O–H groups in total. The summed E-state index contributed by atoms with van der Waals surface area (Å²) in [6.45, 7) is 5.14. The van der Waals surface area contributed by atoms with Crippen molar-refractivity contribution in [1.82, 2.24) is 10.3 Å². The molecular formula is C16H18N2O4. The molecule has 116 valence electrons. The van der Waals surface area contributed by atoms with Gasteiger partial charge in [0.25, 0.3) is 5.91 Å². The monoisotopic (exact) mass is 302 g/mol. The zero-order chi connectivity index (χ0) is 16.3. The number of nitrogens with zero attached hydrogens (tertiary/aromatic N) is 1. The van der Waals surface area contributed by atoms with E-state index in [1.807, 2.05) is 31.2 Å². The third-order valence-electron chi connectivity index (χ3n) is 3.59. The predicted molar refractivity (Wildman–Crippen MR) is 80.4 cm³/mol. The van der Waals surface area contributed by atoms with Gasteiger partial charge in [-0.1, -0.05) is 29.8 Å². The minimum absolute atomic E-state index is 0.147. The van der Waals surface area contributed by atoms with E-state index in [9.17, 15) is 9.59 Å². The number of aromatic nitrogens is 1. The van der Waals surface area contributed by atoms with E-state index in [2.05, 4.69) is 10.3 Å². The van der Waals surface area contributed by atoms with Gasteiger partial charge in [0.1, 0.15) is 0 Å². The lowest BCUT2D eigenvalue weighted by atomic mass is 10.0. The van der Waals surface area contributed by atoms with Crippen molar-refractivity contribution in [3.8, 4) is 11.3 Å². The molecule has 6 nitrogen and oxygen atoms in total. The predicted octanol–water partition coefficient (Wildman–Crippen LogP) is 2.49. The Morgan fingerprint density at radius 1 is 1.23 bits per heavy atom. The van der Waals surface area contributed by atoms with Crippen molar-refractivity contribution in [2.24, 2.45) is 5.92 Å². The van der Waals surface area contributed by atoms with Gasteiger partial charge in [-0.2, -0.15) is 0 Å². The van der Waals surface area contributed by atoms with E-state index >= 15 is 0 Å². The fourth-order valence-corrected chi connectivity index (χ4v) is 1.93. The Balaban J connectivity index is 2.20. The van der Waals surface area contributed by atoms with Crippen LogP contribution in [0.5, 0.6) is 0 Å². The number of carbonyl (C=O) groups excluding carboxylic acids is 1. The first-order valence-electron chi connectivity index (χ1n) is 6.94. The minimum atomic E-state index is -0.966. The number of carbonyl (C=O) groups is 2.